The first-order chi connectivity index (χ1) is 10.3. The van der Waals surface area contributed by atoms with E-state index in [-0.39, 0.29) is 30.0 Å². The van der Waals surface area contributed by atoms with E-state index in [1.165, 1.54) is 17.4 Å². The molecule has 0 fully saturated rings. The van der Waals surface area contributed by atoms with Gasteiger partial charge in [0.15, 0.2) is 0 Å². The molecule has 0 radical (unpaired) electrons. The third-order valence-electron chi connectivity index (χ3n) is 3.10. The summed E-state index contributed by atoms with van der Waals surface area (Å²) in [5, 5.41) is 12.7. The lowest BCUT2D eigenvalue weighted by atomic mass is 9.98. The molecule has 1 aromatic heterocycles. The summed E-state index contributed by atoms with van der Waals surface area (Å²) in [5.74, 6) is -0.655. The first kappa shape index (κ1) is 16.6. The van der Waals surface area contributed by atoms with Crippen LogP contribution in [-0.2, 0) is 18.6 Å². The van der Waals surface area contributed by atoms with Crippen LogP contribution in [0.2, 0.25) is 0 Å². The molecule has 0 saturated carbocycles. The molecular weight excluding hydrogens is 303 g/mol. The number of aliphatic hydroxyl groups excluding tert-OH is 1. The highest BCUT2D eigenvalue weighted by molar-refractivity contribution is 7.13. The van der Waals surface area contributed by atoms with E-state index in [2.05, 4.69) is 10.3 Å². The van der Waals surface area contributed by atoms with Crippen LogP contribution in [0.5, 0.6) is 0 Å². The van der Waals surface area contributed by atoms with Crippen molar-refractivity contribution >= 4 is 17.2 Å². The van der Waals surface area contributed by atoms with Crippen LogP contribution in [0.1, 0.15) is 46.6 Å². The number of hydrogen-bond acceptors (Lipinski definition) is 4. The molecule has 2 rings (SSSR count). The molecule has 0 spiro atoms. The van der Waals surface area contributed by atoms with Crippen LogP contribution in [0, 0.1) is 5.82 Å². The molecule has 1 heterocycles. The molecule has 22 heavy (non-hydrogen) atoms. The van der Waals surface area contributed by atoms with Crippen LogP contribution in [0.3, 0.4) is 0 Å². The van der Waals surface area contributed by atoms with Crippen LogP contribution < -0.4 is 5.32 Å². The maximum atomic E-state index is 13.3. The second-order valence-corrected chi connectivity index (χ2v) is 7.08. The number of aromatic nitrogens is 1. The zero-order chi connectivity index (χ0) is 16.3. The van der Waals surface area contributed by atoms with Crippen LogP contribution in [0.25, 0.3) is 0 Å². The Morgan fingerprint density at radius 1 is 1.41 bits per heavy atom. The molecule has 2 N–H and O–H groups in total. The van der Waals surface area contributed by atoms with Crippen molar-refractivity contribution in [3.63, 3.8) is 0 Å². The molecule has 6 heteroatoms. The summed E-state index contributed by atoms with van der Waals surface area (Å²) >= 11 is 1.37. The summed E-state index contributed by atoms with van der Waals surface area (Å²) in [6, 6.07) is 4.42. The Kier molecular flexibility index (Phi) is 4.93. The van der Waals surface area contributed by atoms with Gasteiger partial charge in [-0.1, -0.05) is 26.8 Å². The fraction of sp³-hybridized carbons (Fsp3) is 0.375. The Labute approximate surface area is 133 Å². The standard InChI is InChI=1S/C16H19FN2O2S/c1-16(2,3)15-19-8-13(22-15)14(21)18-7-10-4-5-12(17)11(6-10)9-20/h4-6,8,20H,7,9H2,1-3H3,(H,18,21). The first-order valence-corrected chi connectivity index (χ1v) is 7.75. The number of rotatable bonds is 4. The second kappa shape index (κ2) is 6.54. The molecule has 2 aromatic rings. The smallest absolute Gasteiger partial charge is 0.263 e. The fourth-order valence-electron chi connectivity index (χ4n) is 1.85. The summed E-state index contributed by atoms with van der Waals surface area (Å²) in [6.45, 7) is 6.04. The van der Waals surface area contributed by atoms with Gasteiger partial charge in [0.25, 0.3) is 5.91 Å². The van der Waals surface area contributed by atoms with Gasteiger partial charge in [0, 0.05) is 17.5 Å². The van der Waals surface area contributed by atoms with Crippen LogP contribution in [0.15, 0.2) is 24.4 Å². The van der Waals surface area contributed by atoms with E-state index < -0.39 is 5.82 Å². The SMILES string of the molecule is CC(C)(C)c1ncc(C(=O)NCc2ccc(F)c(CO)c2)s1. The summed E-state index contributed by atoms with van der Waals surface area (Å²) in [7, 11) is 0. The van der Waals surface area contributed by atoms with E-state index in [1.54, 1.807) is 18.3 Å². The fourth-order valence-corrected chi connectivity index (χ4v) is 2.74. The van der Waals surface area contributed by atoms with Gasteiger partial charge in [-0.3, -0.25) is 4.79 Å². The van der Waals surface area contributed by atoms with Gasteiger partial charge in [-0.05, 0) is 17.7 Å². The van der Waals surface area contributed by atoms with E-state index in [0.29, 0.717) is 4.88 Å². The molecule has 4 nitrogen and oxygen atoms in total. The Morgan fingerprint density at radius 2 is 2.14 bits per heavy atom. The normalized spacial score (nSPS) is 11.5. The van der Waals surface area contributed by atoms with Crippen molar-refractivity contribution in [2.75, 3.05) is 0 Å². The van der Waals surface area contributed by atoms with Crippen molar-refractivity contribution in [1.82, 2.24) is 10.3 Å². The van der Waals surface area contributed by atoms with Gasteiger partial charge in [0.1, 0.15) is 10.7 Å². The summed E-state index contributed by atoms with van der Waals surface area (Å²) in [4.78, 5) is 16.9. The zero-order valence-electron chi connectivity index (χ0n) is 12.8. The third kappa shape index (κ3) is 3.90. The predicted octanol–water partition coefficient (Wildman–Crippen LogP) is 3.00. The average molecular weight is 322 g/mol. The first-order valence-electron chi connectivity index (χ1n) is 6.94. The third-order valence-corrected chi connectivity index (χ3v) is 4.53. The second-order valence-electron chi connectivity index (χ2n) is 6.05. The number of aliphatic hydroxyl groups is 1. The Bertz CT molecular complexity index is 677. The maximum Gasteiger partial charge on any atom is 0.263 e. The molecule has 0 aliphatic heterocycles. The number of amides is 1. The molecule has 0 aliphatic rings. The lowest BCUT2D eigenvalue weighted by molar-refractivity contribution is 0.0954. The summed E-state index contributed by atoms with van der Waals surface area (Å²) < 4.78 is 13.3. The van der Waals surface area contributed by atoms with Crippen molar-refractivity contribution in [2.24, 2.45) is 0 Å². The highest BCUT2D eigenvalue weighted by Gasteiger charge is 2.20. The van der Waals surface area contributed by atoms with Gasteiger partial charge in [0.05, 0.1) is 17.8 Å². The van der Waals surface area contributed by atoms with Gasteiger partial charge in [-0.2, -0.15) is 0 Å². The minimum Gasteiger partial charge on any atom is -0.392 e. The molecule has 0 atom stereocenters. The van der Waals surface area contributed by atoms with Crippen LogP contribution in [-0.4, -0.2) is 16.0 Å². The molecule has 0 aliphatic carbocycles. The number of thiazole rings is 1. The maximum absolute atomic E-state index is 13.3. The van der Waals surface area contributed by atoms with E-state index >= 15 is 0 Å². The van der Waals surface area contributed by atoms with Crippen molar-refractivity contribution in [3.8, 4) is 0 Å². The average Bonchev–Trinajstić information content (AvgIpc) is 2.96. The van der Waals surface area contributed by atoms with E-state index in [4.69, 9.17) is 5.11 Å². The number of benzene rings is 1. The number of hydrogen-bond donors (Lipinski definition) is 2. The molecule has 0 bridgehead atoms. The Balaban J connectivity index is 2.02. The molecule has 1 aromatic carbocycles. The molecule has 118 valence electrons. The quantitative estimate of drug-likeness (QED) is 0.909. The molecule has 0 saturated heterocycles. The molecule has 0 unspecified atom stereocenters. The van der Waals surface area contributed by atoms with Crippen molar-refractivity contribution in [3.05, 3.63) is 51.2 Å². The largest absolute Gasteiger partial charge is 0.392 e. The lowest BCUT2D eigenvalue weighted by Crippen LogP contribution is -2.22. The predicted molar refractivity (Wildman–Crippen MR) is 84.3 cm³/mol. The van der Waals surface area contributed by atoms with Crippen molar-refractivity contribution in [1.29, 1.82) is 0 Å². The van der Waals surface area contributed by atoms with E-state index in [0.717, 1.165) is 10.6 Å². The number of nitrogens with one attached hydrogen (secondary N) is 1. The van der Waals surface area contributed by atoms with Crippen molar-refractivity contribution in [2.45, 2.75) is 39.3 Å². The number of nitrogens with zero attached hydrogens (tertiary/aromatic N) is 1. The minimum atomic E-state index is -0.449. The highest BCUT2D eigenvalue weighted by atomic mass is 32.1. The lowest BCUT2D eigenvalue weighted by Gasteiger charge is -2.13. The minimum absolute atomic E-state index is 0.0871. The highest BCUT2D eigenvalue weighted by Crippen LogP contribution is 2.26. The van der Waals surface area contributed by atoms with E-state index in [9.17, 15) is 9.18 Å². The Morgan fingerprint density at radius 3 is 2.73 bits per heavy atom. The van der Waals surface area contributed by atoms with Gasteiger partial charge in [-0.25, -0.2) is 9.37 Å². The number of carbonyl (C=O) groups is 1. The van der Waals surface area contributed by atoms with Crippen molar-refractivity contribution < 1.29 is 14.3 Å². The van der Waals surface area contributed by atoms with Gasteiger partial charge >= 0.3 is 0 Å². The topological polar surface area (TPSA) is 62.2 Å². The monoisotopic (exact) mass is 322 g/mol. The Hall–Kier alpha value is -1.79. The van der Waals surface area contributed by atoms with Gasteiger partial charge in [0.2, 0.25) is 0 Å². The van der Waals surface area contributed by atoms with E-state index in [1.807, 2.05) is 20.8 Å². The van der Waals surface area contributed by atoms with Gasteiger partial charge in [-0.15, -0.1) is 11.3 Å². The zero-order valence-corrected chi connectivity index (χ0v) is 13.6. The number of halogens is 1. The van der Waals surface area contributed by atoms with Crippen LogP contribution in [0.4, 0.5) is 4.39 Å². The number of carbonyl (C=O) groups excluding carboxylic acids is 1. The molecule has 1 amide bonds. The van der Waals surface area contributed by atoms with Crippen LogP contribution >= 0.6 is 11.3 Å². The summed E-state index contributed by atoms with van der Waals surface area (Å²) in [5.41, 5.74) is 0.870. The molecular formula is C16H19FN2O2S. The summed E-state index contributed by atoms with van der Waals surface area (Å²) in [6.07, 6.45) is 1.57. The van der Waals surface area contributed by atoms with Gasteiger partial charge < -0.3 is 10.4 Å².